The van der Waals surface area contributed by atoms with Crippen molar-refractivity contribution < 1.29 is 9.53 Å². The quantitative estimate of drug-likeness (QED) is 0.780. The molecule has 1 saturated carbocycles. The van der Waals surface area contributed by atoms with Gasteiger partial charge in [-0.05, 0) is 37.2 Å². The molecule has 104 valence electrons. The van der Waals surface area contributed by atoms with Crippen LogP contribution in [0.25, 0.3) is 0 Å². The number of hydrogen-bond donors (Lipinski definition) is 0. The van der Waals surface area contributed by atoms with Gasteiger partial charge in [-0.1, -0.05) is 37.0 Å². The van der Waals surface area contributed by atoms with Gasteiger partial charge in [0.2, 0.25) is 0 Å². The van der Waals surface area contributed by atoms with Crippen LogP contribution in [0, 0.1) is 11.8 Å². The summed E-state index contributed by atoms with van der Waals surface area (Å²) in [4.78, 5) is 12.1. The van der Waals surface area contributed by atoms with Crippen molar-refractivity contribution in [1.29, 1.82) is 0 Å². The third-order valence-corrected chi connectivity index (χ3v) is 3.81. The Morgan fingerprint density at radius 3 is 2.47 bits per heavy atom. The normalized spacial score (nSPS) is 27.1. The van der Waals surface area contributed by atoms with Crippen molar-refractivity contribution in [3.63, 3.8) is 0 Å². The highest BCUT2D eigenvalue weighted by atomic mass is 35.5. The maximum atomic E-state index is 12.1. The van der Waals surface area contributed by atoms with Crippen LogP contribution in [0.3, 0.4) is 0 Å². The molecule has 2 unspecified atom stereocenters. The fourth-order valence-electron chi connectivity index (χ4n) is 2.68. The Hall–Kier alpha value is -0.870. The summed E-state index contributed by atoms with van der Waals surface area (Å²) in [5.41, 5.74) is 0.174. The summed E-state index contributed by atoms with van der Waals surface area (Å²) in [7, 11) is 0. The van der Waals surface area contributed by atoms with Crippen molar-refractivity contribution in [2.45, 2.75) is 39.2 Å². The number of aromatic nitrogens is 2. The minimum atomic E-state index is -0.479. The Kier molecular flexibility index (Phi) is 4.63. The lowest BCUT2D eigenvalue weighted by atomic mass is 9.82. The zero-order chi connectivity index (χ0) is 14.0. The summed E-state index contributed by atoms with van der Waals surface area (Å²) in [6.45, 7) is 4.35. The van der Waals surface area contributed by atoms with Gasteiger partial charge in [0.15, 0.2) is 10.3 Å². The first-order chi connectivity index (χ1) is 8.95. The van der Waals surface area contributed by atoms with Crippen LogP contribution >= 0.6 is 23.2 Å². The zero-order valence-electron chi connectivity index (χ0n) is 10.9. The van der Waals surface area contributed by atoms with Gasteiger partial charge in [-0.15, -0.1) is 10.2 Å². The predicted octanol–water partition coefficient (Wildman–Crippen LogP) is 3.76. The number of ether oxygens (including phenoxy) is 1. The van der Waals surface area contributed by atoms with Crippen LogP contribution < -0.4 is 0 Å². The van der Waals surface area contributed by atoms with Crippen LogP contribution in [0.4, 0.5) is 0 Å². The topological polar surface area (TPSA) is 52.1 Å². The molecule has 0 radical (unpaired) electrons. The monoisotopic (exact) mass is 302 g/mol. The summed E-state index contributed by atoms with van der Waals surface area (Å²) in [5, 5.41) is 7.32. The minimum absolute atomic E-state index is 0.0197. The van der Waals surface area contributed by atoms with Crippen LogP contribution in [-0.2, 0) is 4.74 Å². The average Bonchev–Trinajstić information content (AvgIpc) is 2.30. The van der Waals surface area contributed by atoms with E-state index in [0.717, 1.165) is 12.8 Å². The summed E-state index contributed by atoms with van der Waals surface area (Å²) in [5.74, 6) is 0.653. The summed E-state index contributed by atoms with van der Waals surface area (Å²) < 4.78 is 5.50. The van der Waals surface area contributed by atoms with E-state index in [1.165, 1.54) is 12.5 Å². The van der Waals surface area contributed by atoms with Gasteiger partial charge in [0.05, 0.1) is 0 Å². The third kappa shape index (κ3) is 3.80. The molecule has 4 nitrogen and oxygen atoms in total. The molecule has 0 N–H and O–H groups in total. The molecule has 1 aliphatic carbocycles. The molecule has 1 heterocycles. The minimum Gasteiger partial charge on any atom is -0.459 e. The van der Waals surface area contributed by atoms with Crippen LogP contribution in [0.2, 0.25) is 10.3 Å². The smallest absolute Gasteiger partial charge is 0.341 e. The van der Waals surface area contributed by atoms with Crippen LogP contribution in [-0.4, -0.2) is 22.3 Å². The second-order valence-corrected chi connectivity index (χ2v) is 6.06. The summed E-state index contributed by atoms with van der Waals surface area (Å²) in [6.07, 6.45) is 2.89. The largest absolute Gasteiger partial charge is 0.459 e. The summed E-state index contributed by atoms with van der Waals surface area (Å²) >= 11 is 11.5. The lowest BCUT2D eigenvalue weighted by molar-refractivity contribution is 0.00801. The van der Waals surface area contributed by atoms with E-state index in [2.05, 4.69) is 24.0 Å². The first kappa shape index (κ1) is 14.5. The van der Waals surface area contributed by atoms with E-state index in [4.69, 9.17) is 27.9 Å². The molecule has 0 amide bonds. The van der Waals surface area contributed by atoms with E-state index < -0.39 is 5.97 Å². The van der Waals surface area contributed by atoms with E-state index in [0.29, 0.717) is 11.8 Å². The first-order valence-electron chi connectivity index (χ1n) is 6.35. The van der Waals surface area contributed by atoms with Crippen molar-refractivity contribution >= 4 is 29.2 Å². The highest BCUT2D eigenvalue weighted by Crippen LogP contribution is 2.31. The predicted molar refractivity (Wildman–Crippen MR) is 73.4 cm³/mol. The number of hydrogen-bond acceptors (Lipinski definition) is 4. The maximum Gasteiger partial charge on any atom is 0.341 e. The number of rotatable bonds is 2. The molecule has 0 spiro atoms. The number of carbonyl (C=O) groups is 1. The van der Waals surface area contributed by atoms with Crippen LogP contribution in [0.5, 0.6) is 0 Å². The molecular formula is C13H16Cl2N2O2. The molecule has 19 heavy (non-hydrogen) atoms. The zero-order valence-corrected chi connectivity index (χ0v) is 12.4. The van der Waals surface area contributed by atoms with E-state index >= 15 is 0 Å². The Morgan fingerprint density at radius 1 is 1.21 bits per heavy atom. The third-order valence-electron chi connectivity index (χ3n) is 3.35. The molecular weight excluding hydrogens is 287 g/mol. The molecule has 0 bridgehead atoms. The number of carbonyl (C=O) groups excluding carboxylic acids is 1. The molecule has 0 saturated heterocycles. The Balaban J connectivity index is 2.06. The van der Waals surface area contributed by atoms with Gasteiger partial charge in [0, 0.05) is 0 Å². The Bertz CT molecular complexity index is 472. The van der Waals surface area contributed by atoms with Gasteiger partial charge in [0.1, 0.15) is 11.7 Å². The molecule has 0 aromatic carbocycles. The fourth-order valence-corrected chi connectivity index (χ4v) is 3.00. The second kappa shape index (κ2) is 6.06. The lowest BCUT2D eigenvalue weighted by Gasteiger charge is -2.31. The highest BCUT2D eigenvalue weighted by molar-refractivity contribution is 6.33. The lowest BCUT2D eigenvalue weighted by Crippen LogP contribution is -2.28. The Labute approximate surface area is 122 Å². The van der Waals surface area contributed by atoms with Gasteiger partial charge < -0.3 is 4.74 Å². The first-order valence-corrected chi connectivity index (χ1v) is 7.11. The molecule has 2 atom stereocenters. The molecule has 1 aromatic heterocycles. The fraction of sp³-hybridized carbons (Fsp3) is 0.615. The number of esters is 1. The van der Waals surface area contributed by atoms with Gasteiger partial charge in [0.25, 0.3) is 0 Å². The second-order valence-electron chi connectivity index (χ2n) is 5.32. The molecule has 1 aliphatic rings. The SMILES string of the molecule is CC1CC(C)CC(OC(=O)c2cc(Cl)nnc2Cl)C1. The van der Waals surface area contributed by atoms with Crippen molar-refractivity contribution in [2.24, 2.45) is 11.8 Å². The van der Waals surface area contributed by atoms with Gasteiger partial charge in [-0.25, -0.2) is 4.79 Å². The van der Waals surface area contributed by atoms with E-state index in [-0.39, 0.29) is 22.0 Å². The molecule has 0 aliphatic heterocycles. The maximum absolute atomic E-state index is 12.1. The average molecular weight is 303 g/mol. The van der Waals surface area contributed by atoms with E-state index in [1.54, 1.807) is 0 Å². The Morgan fingerprint density at radius 2 is 1.84 bits per heavy atom. The van der Waals surface area contributed by atoms with Gasteiger partial charge in [-0.2, -0.15) is 0 Å². The highest BCUT2D eigenvalue weighted by Gasteiger charge is 2.27. The van der Waals surface area contributed by atoms with Crippen molar-refractivity contribution in [3.05, 3.63) is 21.9 Å². The van der Waals surface area contributed by atoms with Crippen molar-refractivity contribution in [2.75, 3.05) is 0 Å². The van der Waals surface area contributed by atoms with Crippen molar-refractivity contribution in [3.8, 4) is 0 Å². The van der Waals surface area contributed by atoms with Crippen molar-refractivity contribution in [1.82, 2.24) is 10.2 Å². The van der Waals surface area contributed by atoms with E-state index in [9.17, 15) is 4.79 Å². The number of halogens is 2. The standard InChI is InChI=1S/C13H16Cl2N2O2/c1-7-3-8(2)5-9(4-7)19-13(18)10-6-11(14)16-17-12(10)15/h6-9H,3-5H2,1-2H3. The molecule has 6 heteroatoms. The summed E-state index contributed by atoms with van der Waals surface area (Å²) in [6, 6.07) is 1.38. The number of nitrogens with zero attached hydrogens (tertiary/aromatic N) is 2. The van der Waals surface area contributed by atoms with Gasteiger partial charge >= 0.3 is 5.97 Å². The molecule has 1 aromatic rings. The van der Waals surface area contributed by atoms with Gasteiger partial charge in [-0.3, -0.25) is 0 Å². The van der Waals surface area contributed by atoms with E-state index in [1.807, 2.05) is 0 Å². The van der Waals surface area contributed by atoms with Crippen LogP contribution in [0.15, 0.2) is 6.07 Å². The molecule has 2 rings (SSSR count). The molecule has 1 fully saturated rings. The van der Waals surface area contributed by atoms with Crippen LogP contribution in [0.1, 0.15) is 43.5 Å².